The molecule has 0 fully saturated rings. The van der Waals surface area contributed by atoms with E-state index in [1.807, 2.05) is 6.92 Å². The minimum Gasteiger partial charge on any atom is -0.481 e. The van der Waals surface area contributed by atoms with Gasteiger partial charge in [0.15, 0.2) is 0 Å². The second kappa shape index (κ2) is 5.27. The lowest BCUT2D eigenvalue weighted by molar-refractivity contribution is 0.102. The van der Waals surface area contributed by atoms with E-state index in [0.29, 0.717) is 17.1 Å². The van der Waals surface area contributed by atoms with E-state index >= 15 is 0 Å². The molecule has 5 heteroatoms. The molecule has 0 unspecified atom stereocenters. The van der Waals surface area contributed by atoms with Gasteiger partial charge in [-0.3, -0.25) is 9.78 Å². The van der Waals surface area contributed by atoms with Crippen molar-refractivity contribution >= 4 is 11.6 Å². The molecule has 1 amide bonds. The highest BCUT2D eigenvalue weighted by molar-refractivity contribution is 6.03. The molecule has 0 aliphatic heterocycles. The van der Waals surface area contributed by atoms with Crippen molar-refractivity contribution in [3.63, 3.8) is 0 Å². The molecule has 5 nitrogen and oxygen atoms in total. The van der Waals surface area contributed by atoms with Gasteiger partial charge in [-0.25, -0.2) is 4.98 Å². The lowest BCUT2D eigenvalue weighted by Gasteiger charge is -2.05. The summed E-state index contributed by atoms with van der Waals surface area (Å²) in [6.07, 6.45) is 3.08. The number of nitrogens with zero attached hydrogens (tertiary/aromatic N) is 2. The standard InChI is InChI=1S/C13H13N3O2/c1-9-3-4-10(7-14-9)13(17)16-11-5-6-12(18-2)15-8-11/h3-8H,1-2H3,(H,16,17). The Morgan fingerprint density at radius 2 is 2.00 bits per heavy atom. The quantitative estimate of drug-likeness (QED) is 0.896. The molecule has 0 aliphatic carbocycles. The van der Waals surface area contributed by atoms with Crippen molar-refractivity contribution in [3.05, 3.63) is 47.9 Å². The third-order valence-electron chi connectivity index (χ3n) is 2.38. The second-order valence-corrected chi connectivity index (χ2v) is 3.73. The summed E-state index contributed by atoms with van der Waals surface area (Å²) in [4.78, 5) is 19.9. The first-order valence-corrected chi connectivity index (χ1v) is 5.43. The summed E-state index contributed by atoms with van der Waals surface area (Å²) in [5, 5.41) is 2.73. The normalized spacial score (nSPS) is 9.89. The van der Waals surface area contributed by atoms with Gasteiger partial charge >= 0.3 is 0 Å². The highest BCUT2D eigenvalue weighted by Crippen LogP contribution is 2.12. The Morgan fingerprint density at radius 3 is 2.56 bits per heavy atom. The van der Waals surface area contributed by atoms with Crippen molar-refractivity contribution in [2.45, 2.75) is 6.92 Å². The molecule has 2 aromatic rings. The fourth-order valence-electron chi connectivity index (χ4n) is 1.38. The van der Waals surface area contributed by atoms with Gasteiger partial charge in [-0.05, 0) is 25.1 Å². The zero-order chi connectivity index (χ0) is 13.0. The maximum absolute atomic E-state index is 11.9. The van der Waals surface area contributed by atoms with Crippen LogP contribution in [-0.2, 0) is 0 Å². The van der Waals surface area contributed by atoms with E-state index in [1.54, 1.807) is 43.8 Å². The van der Waals surface area contributed by atoms with Gasteiger partial charge in [0.05, 0.1) is 24.6 Å². The molecule has 0 aliphatic rings. The molecule has 0 radical (unpaired) electrons. The van der Waals surface area contributed by atoms with Crippen molar-refractivity contribution < 1.29 is 9.53 Å². The number of aromatic nitrogens is 2. The number of hydrogen-bond acceptors (Lipinski definition) is 4. The van der Waals surface area contributed by atoms with Crippen LogP contribution in [0.3, 0.4) is 0 Å². The van der Waals surface area contributed by atoms with Crippen LogP contribution in [0.25, 0.3) is 0 Å². The van der Waals surface area contributed by atoms with Crippen LogP contribution in [0, 0.1) is 6.92 Å². The van der Waals surface area contributed by atoms with E-state index in [-0.39, 0.29) is 5.91 Å². The molecule has 92 valence electrons. The molecule has 2 aromatic heterocycles. The van der Waals surface area contributed by atoms with Gasteiger partial charge in [-0.2, -0.15) is 0 Å². The highest BCUT2D eigenvalue weighted by atomic mass is 16.5. The predicted molar refractivity (Wildman–Crippen MR) is 67.7 cm³/mol. The maximum atomic E-state index is 11.9. The number of carbonyl (C=O) groups excluding carboxylic acids is 1. The Morgan fingerprint density at radius 1 is 1.17 bits per heavy atom. The molecule has 0 aromatic carbocycles. The van der Waals surface area contributed by atoms with Gasteiger partial charge in [-0.15, -0.1) is 0 Å². The number of methoxy groups -OCH3 is 1. The number of aryl methyl sites for hydroxylation is 1. The van der Waals surface area contributed by atoms with E-state index in [2.05, 4.69) is 15.3 Å². The van der Waals surface area contributed by atoms with Crippen molar-refractivity contribution in [2.75, 3.05) is 12.4 Å². The molecule has 0 saturated carbocycles. The van der Waals surface area contributed by atoms with Gasteiger partial charge in [0, 0.05) is 18.0 Å². The third-order valence-corrected chi connectivity index (χ3v) is 2.38. The van der Waals surface area contributed by atoms with Crippen LogP contribution in [0.4, 0.5) is 5.69 Å². The molecule has 18 heavy (non-hydrogen) atoms. The number of hydrogen-bond donors (Lipinski definition) is 1. The van der Waals surface area contributed by atoms with Crippen LogP contribution >= 0.6 is 0 Å². The molecule has 1 N–H and O–H groups in total. The van der Waals surface area contributed by atoms with Crippen LogP contribution in [0.5, 0.6) is 5.88 Å². The van der Waals surface area contributed by atoms with Crippen LogP contribution in [0.15, 0.2) is 36.7 Å². The molecule has 0 atom stereocenters. The summed E-state index contributed by atoms with van der Waals surface area (Å²) in [6, 6.07) is 6.93. The van der Waals surface area contributed by atoms with E-state index < -0.39 is 0 Å². The average Bonchev–Trinajstić information content (AvgIpc) is 2.40. The van der Waals surface area contributed by atoms with Crippen molar-refractivity contribution in [1.82, 2.24) is 9.97 Å². The number of nitrogens with one attached hydrogen (secondary N) is 1. The first-order chi connectivity index (χ1) is 8.69. The summed E-state index contributed by atoms with van der Waals surface area (Å²) in [5.41, 5.74) is 2.00. The lowest BCUT2D eigenvalue weighted by atomic mass is 10.2. The van der Waals surface area contributed by atoms with Crippen LogP contribution in [0.1, 0.15) is 16.1 Å². The molecule has 2 heterocycles. The Hall–Kier alpha value is -2.43. The topological polar surface area (TPSA) is 64.1 Å². The van der Waals surface area contributed by atoms with Crippen LogP contribution in [-0.4, -0.2) is 23.0 Å². The first kappa shape index (κ1) is 12.0. The third kappa shape index (κ3) is 2.82. The minimum absolute atomic E-state index is 0.213. The second-order valence-electron chi connectivity index (χ2n) is 3.73. The van der Waals surface area contributed by atoms with Crippen molar-refractivity contribution in [1.29, 1.82) is 0 Å². The number of pyridine rings is 2. The number of ether oxygens (including phenoxy) is 1. The number of rotatable bonds is 3. The number of anilines is 1. The van der Waals surface area contributed by atoms with Gasteiger partial charge in [0.25, 0.3) is 5.91 Å². The Kier molecular flexibility index (Phi) is 3.52. The van der Waals surface area contributed by atoms with E-state index in [0.717, 1.165) is 5.69 Å². The summed E-state index contributed by atoms with van der Waals surface area (Å²) < 4.78 is 4.94. The average molecular weight is 243 g/mol. The minimum atomic E-state index is -0.213. The molecule has 0 spiro atoms. The molecular weight excluding hydrogens is 230 g/mol. The first-order valence-electron chi connectivity index (χ1n) is 5.43. The van der Waals surface area contributed by atoms with Gasteiger partial charge < -0.3 is 10.1 Å². The number of amides is 1. The van der Waals surface area contributed by atoms with Gasteiger partial charge in [0.1, 0.15) is 0 Å². The van der Waals surface area contributed by atoms with Crippen LogP contribution in [0.2, 0.25) is 0 Å². The summed E-state index contributed by atoms with van der Waals surface area (Å²) in [5.74, 6) is 0.291. The Bertz CT molecular complexity index is 535. The monoisotopic (exact) mass is 243 g/mol. The van der Waals surface area contributed by atoms with E-state index in [1.165, 1.54) is 0 Å². The molecule has 0 bridgehead atoms. The fraction of sp³-hybridized carbons (Fsp3) is 0.154. The van der Waals surface area contributed by atoms with Crippen molar-refractivity contribution in [2.24, 2.45) is 0 Å². The van der Waals surface area contributed by atoms with Gasteiger partial charge in [0.2, 0.25) is 5.88 Å². The molecule has 0 saturated heterocycles. The Balaban J connectivity index is 2.08. The zero-order valence-corrected chi connectivity index (χ0v) is 10.2. The van der Waals surface area contributed by atoms with E-state index in [9.17, 15) is 4.79 Å². The predicted octanol–water partition coefficient (Wildman–Crippen LogP) is 2.05. The summed E-state index contributed by atoms with van der Waals surface area (Å²) in [7, 11) is 1.54. The zero-order valence-electron chi connectivity index (χ0n) is 10.2. The van der Waals surface area contributed by atoms with Crippen molar-refractivity contribution in [3.8, 4) is 5.88 Å². The fourth-order valence-corrected chi connectivity index (χ4v) is 1.38. The molecule has 2 rings (SSSR count). The smallest absolute Gasteiger partial charge is 0.257 e. The molecular formula is C13H13N3O2. The maximum Gasteiger partial charge on any atom is 0.257 e. The SMILES string of the molecule is COc1ccc(NC(=O)c2ccc(C)nc2)cn1. The largest absolute Gasteiger partial charge is 0.481 e. The summed E-state index contributed by atoms with van der Waals surface area (Å²) in [6.45, 7) is 1.87. The van der Waals surface area contributed by atoms with Gasteiger partial charge in [-0.1, -0.05) is 0 Å². The highest BCUT2D eigenvalue weighted by Gasteiger charge is 2.06. The Labute approximate surface area is 105 Å². The number of carbonyl (C=O) groups is 1. The lowest BCUT2D eigenvalue weighted by Crippen LogP contribution is -2.12. The summed E-state index contributed by atoms with van der Waals surface area (Å²) >= 11 is 0. The van der Waals surface area contributed by atoms with Crippen LogP contribution < -0.4 is 10.1 Å². The van der Waals surface area contributed by atoms with E-state index in [4.69, 9.17) is 4.74 Å².